The van der Waals surface area contributed by atoms with Crippen LogP contribution >= 0.6 is 11.8 Å². The number of para-hydroxylation sites is 1. The molecule has 106 valence electrons. The highest BCUT2D eigenvalue weighted by Crippen LogP contribution is 2.42. The lowest BCUT2D eigenvalue weighted by Gasteiger charge is -2.21. The van der Waals surface area contributed by atoms with Gasteiger partial charge in [-0.2, -0.15) is 0 Å². The van der Waals surface area contributed by atoms with Crippen molar-refractivity contribution in [3.63, 3.8) is 0 Å². The number of benzene rings is 1. The van der Waals surface area contributed by atoms with Crippen molar-refractivity contribution in [3.8, 4) is 5.75 Å². The molecule has 1 aromatic carbocycles. The van der Waals surface area contributed by atoms with Crippen LogP contribution in [0.4, 0.5) is 0 Å². The van der Waals surface area contributed by atoms with E-state index in [1.165, 1.54) is 30.6 Å². The fourth-order valence-corrected chi connectivity index (χ4v) is 3.00. The number of hydrogen-bond acceptors (Lipinski definition) is 5. The minimum Gasteiger partial charge on any atom is -0.496 e. The van der Waals surface area contributed by atoms with Gasteiger partial charge in [-0.25, -0.2) is 5.01 Å². The molecular weight excluding hydrogens is 278 g/mol. The van der Waals surface area contributed by atoms with Crippen LogP contribution in [0.1, 0.15) is 24.8 Å². The number of ether oxygens (including phenoxy) is 1. The Morgan fingerprint density at radius 2 is 2.05 bits per heavy atom. The predicted octanol–water partition coefficient (Wildman–Crippen LogP) is 1.70. The SMILES string of the molecule is COc1ccccc1C1SC(NC(C)=O)=NN1C(C)=O. The average Bonchev–Trinajstić information content (AvgIpc) is 2.81. The van der Waals surface area contributed by atoms with Gasteiger partial charge < -0.3 is 10.1 Å². The molecule has 0 bridgehead atoms. The van der Waals surface area contributed by atoms with Gasteiger partial charge in [0.15, 0.2) is 5.17 Å². The number of nitrogens with zero attached hydrogens (tertiary/aromatic N) is 2. The highest BCUT2D eigenvalue weighted by atomic mass is 32.2. The van der Waals surface area contributed by atoms with E-state index in [-0.39, 0.29) is 17.2 Å². The number of rotatable bonds is 2. The zero-order valence-corrected chi connectivity index (χ0v) is 12.2. The molecule has 1 unspecified atom stereocenters. The van der Waals surface area contributed by atoms with Crippen LogP contribution in [0.2, 0.25) is 0 Å². The van der Waals surface area contributed by atoms with Crippen molar-refractivity contribution in [2.24, 2.45) is 5.10 Å². The van der Waals surface area contributed by atoms with Crippen molar-refractivity contribution in [1.29, 1.82) is 0 Å². The van der Waals surface area contributed by atoms with Gasteiger partial charge in [0.1, 0.15) is 11.1 Å². The fraction of sp³-hybridized carbons (Fsp3) is 0.308. The first-order chi connectivity index (χ1) is 9.52. The van der Waals surface area contributed by atoms with Crippen molar-refractivity contribution in [3.05, 3.63) is 29.8 Å². The Morgan fingerprint density at radius 1 is 1.35 bits per heavy atom. The summed E-state index contributed by atoms with van der Waals surface area (Å²) in [5.74, 6) is 0.254. The maximum absolute atomic E-state index is 11.7. The third kappa shape index (κ3) is 2.93. The lowest BCUT2D eigenvalue weighted by Crippen LogP contribution is -2.25. The smallest absolute Gasteiger partial charge is 0.241 e. The number of thioether (sulfide) groups is 1. The van der Waals surface area contributed by atoms with Gasteiger partial charge in [-0.15, -0.1) is 5.10 Å². The molecule has 1 atom stereocenters. The van der Waals surface area contributed by atoms with Gasteiger partial charge in [-0.05, 0) is 6.07 Å². The first kappa shape index (κ1) is 14.4. The Hall–Kier alpha value is -2.02. The maximum atomic E-state index is 11.7. The topological polar surface area (TPSA) is 71.0 Å². The highest BCUT2D eigenvalue weighted by molar-refractivity contribution is 8.14. The van der Waals surface area contributed by atoms with E-state index < -0.39 is 0 Å². The van der Waals surface area contributed by atoms with Gasteiger partial charge in [0, 0.05) is 19.4 Å². The summed E-state index contributed by atoms with van der Waals surface area (Å²) < 4.78 is 5.31. The molecule has 0 saturated carbocycles. The first-order valence-corrected chi connectivity index (χ1v) is 6.86. The van der Waals surface area contributed by atoms with Gasteiger partial charge in [0.05, 0.1) is 7.11 Å². The molecule has 7 heteroatoms. The minimum atomic E-state index is -0.342. The second-order valence-corrected chi connectivity index (χ2v) is 5.23. The summed E-state index contributed by atoms with van der Waals surface area (Å²) >= 11 is 1.30. The first-order valence-electron chi connectivity index (χ1n) is 5.98. The highest BCUT2D eigenvalue weighted by Gasteiger charge is 2.33. The molecule has 0 saturated heterocycles. The Kier molecular flexibility index (Phi) is 4.29. The van der Waals surface area contributed by atoms with Gasteiger partial charge in [0.2, 0.25) is 11.8 Å². The van der Waals surface area contributed by atoms with Crippen LogP contribution in [0.3, 0.4) is 0 Å². The van der Waals surface area contributed by atoms with Crippen LogP contribution in [0.15, 0.2) is 29.4 Å². The van der Waals surface area contributed by atoms with Crippen LogP contribution in [0.5, 0.6) is 5.75 Å². The lowest BCUT2D eigenvalue weighted by molar-refractivity contribution is -0.129. The molecule has 0 radical (unpaired) electrons. The largest absolute Gasteiger partial charge is 0.496 e. The molecule has 1 aliphatic heterocycles. The summed E-state index contributed by atoms with van der Waals surface area (Å²) in [5.41, 5.74) is 0.833. The number of methoxy groups -OCH3 is 1. The molecule has 0 spiro atoms. The van der Waals surface area contributed by atoms with Crippen LogP contribution in [0, 0.1) is 0 Å². The summed E-state index contributed by atoms with van der Waals surface area (Å²) in [5, 5.41) is 8.15. The summed E-state index contributed by atoms with van der Waals surface area (Å²) in [6.07, 6.45) is 0. The molecular formula is C13H15N3O3S. The van der Waals surface area contributed by atoms with Crippen molar-refractivity contribution in [1.82, 2.24) is 10.3 Å². The summed E-state index contributed by atoms with van der Waals surface area (Å²) in [7, 11) is 1.58. The molecule has 1 aromatic rings. The quantitative estimate of drug-likeness (QED) is 0.901. The number of carbonyl (C=O) groups is 2. The standard InChI is InChI=1S/C13H15N3O3S/c1-8(17)14-13-15-16(9(2)18)12(20-13)10-6-4-5-7-11(10)19-3/h4-7,12H,1-3H3,(H,14,15,17). The summed E-state index contributed by atoms with van der Waals surface area (Å²) in [4.78, 5) is 22.8. The predicted molar refractivity (Wildman–Crippen MR) is 77.1 cm³/mol. The molecule has 1 aliphatic rings. The van der Waals surface area contributed by atoms with Gasteiger partial charge >= 0.3 is 0 Å². The molecule has 1 N–H and O–H groups in total. The van der Waals surface area contributed by atoms with E-state index in [9.17, 15) is 9.59 Å². The van der Waals surface area contributed by atoms with E-state index >= 15 is 0 Å². The normalized spacial score (nSPS) is 17.6. The minimum absolute atomic E-state index is 0.200. The number of amidine groups is 1. The molecule has 1 heterocycles. The third-order valence-corrected chi connectivity index (χ3v) is 3.74. The number of nitrogens with one attached hydrogen (secondary N) is 1. The van der Waals surface area contributed by atoms with Crippen LogP contribution in [0.25, 0.3) is 0 Å². The zero-order valence-electron chi connectivity index (χ0n) is 11.4. The van der Waals surface area contributed by atoms with E-state index in [1.807, 2.05) is 24.3 Å². The second-order valence-electron chi connectivity index (χ2n) is 4.16. The van der Waals surface area contributed by atoms with E-state index in [4.69, 9.17) is 4.74 Å². The van der Waals surface area contributed by atoms with Gasteiger partial charge in [0.25, 0.3) is 0 Å². The zero-order chi connectivity index (χ0) is 14.7. The molecule has 0 aliphatic carbocycles. The Balaban J connectivity index is 2.32. The van der Waals surface area contributed by atoms with Gasteiger partial charge in [-0.3, -0.25) is 9.59 Å². The summed E-state index contributed by atoms with van der Waals surface area (Å²) in [6, 6.07) is 7.42. The van der Waals surface area contributed by atoms with E-state index in [2.05, 4.69) is 10.4 Å². The van der Waals surface area contributed by atoms with E-state index in [0.717, 1.165) is 5.56 Å². The number of hydrazone groups is 1. The van der Waals surface area contributed by atoms with Crippen molar-refractivity contribution in [2.45, 2.75) is 19.2 Å². The van der Waals surface area contributed by atoms with Crippen LogP contribution in [-0.4, -0.2) is 29.1 Å². The number of amides is 2. The third-order valence-electron chi connectivity index (χ3n) is 2.65. The van der Waals surface area contributed by atoms with Crippen molar-refractivity contribution < 1.29 is 14.3 Å². The number of carbonyl (C=O) groups excluding carboxylic acids is 2. The molecule has 0 aromatic heterocycles. The molecule has 6 nitrogen and oxygen atoms in total. The van der Waals surface area contributed by atoms with Gasteiger partial charge in [-0.1, -0.05) is 30.0 Å². The molecule has 2 amide bonds. The van der Waals surface area contributed by atoms with Crippen molar-refractivity contribution >= 4 is 28.7 Å². The van der Waals surface area contributed by atoms with E-state index in [0.29, 0.717) is 10.9 Å². The van der Waals surface area contributed by atoms with Crippen LogP contribution < -0.4 is 10.1 Å². The monoisotopic (exact) mass is 293 g/mol. The van der Waals surface area contributed by atoms with Crippen LogP contribution in [-0.2, 0) is 9.59 Å². The Labute approximate surface area is 121 Å². The molecule has 0 fully saturated rings. The molecule has 2 rings (SSSR count). The summed E-state index contributed by atoms with van der Waals surface area (Å²) in [6.45, 7) is 2.83. The molecule has 20 heavy (non-hydrogen) atoms. The second kappa shape index (κ2) is 5.96. The average molecular weight is 293 g/mol. The lowest BCUT2D eigenvalue weighted by atomic mass is 10.2. The fourth-order valence-electron chi connectivity index (χ4n) is 1.84. The van der Waals surface area contributed by atoms with E-state index in [1.54, 1.807) is 7.11 Å². The maximum Gasteiger partial charge on any atom is 0.241 e. The Morgan fingerprint density at radius 3 is 2.65 bits per heavy atom. The Bertz CT molecular complexity index is 574. The number of hydrogen-bond donors (Lipinski definition) is 1. The van der Waals surface area contributed by atoms with Crippen molar-refractivity contribution in [2.75, 3.05) is 7.11 Å².